The second kappa shape index (κ2) is 7.47. The van der Waals surface area contributed by atoms with Crippen molar-refractivity contribution in [3.63, 3.8) is 0 Å². The van der Waals surface area contributed by atoms with Gasteiger partial charge in [0.2, 0.25) is 0 Å². The summed E-state index contributed by atoms with van der Waals surface area (Å²) in [5.74, 6) is -5.97. The van der Waals surface area contributed by atoms with Crippen molar-refractivity contribution in [2.75, 3.05) is 10.2 Å². The zero-order chi connectivity index (χ0) is 21.4. The second-order valence-corrected chi connectivity index (χ2v) is 6.41. The van der Waals surface area contributed by atoms with Crippen LogP contribution in [0.15, 0.2) is 72.4 Å². The highest BCUT2D eigenvalue weighted by Crippen LogP contribution is 2.35. The van der Waals surface area contributed by atoms with Crippen molar-refractivity contribution < 1.29 is 27.2 Å². The highest BCUT2D eigenvalue weighted by Gasteiger charge is 2.41. The Labute approximate surface area is 168 Å². The molecule has 0 aliphatic carbocycles. The summed E-state index contributed by atoms with van der Waals surface area (Å²) in [5.41, 5.74) is -0.400. The van der Waals surface area contributed by atoms with Crippen LogP contribution >= 0.6 is 0 Å². The summed E-state index contributed by atoms with van der Waals surface area (Å²) in [6, 6.07) is 13.4. The van der Waals surface area contributed by atoms with E-state index in [1.54, 1.807) is 30.3 Å². The molecule has 0 fully saturated rings. The quantitative estimate of drug-likeness (QED) is 0.502. The third-order valence-corrected chi connectivity index (χ3v) is 4.49. The number of rotatable bonds is 4. The highest BCUT2D eigenvalue weighted by atomic mass is 19.2. The van der Waals surface area contributed by atoms with Crippen LogP contribution in [0.1, 0.15) is 5.56 Å². The van der Waals surface area contributed by atoms with Crippen molar-refractivity contribution in [1.82, 2.24) is 0 Å². The molecule has 0 spiro atoms. The van der Waals surface area contributed by atoms with E-state index >= 15 is 0 Å². The number of hydrogen-bond acceptors (Lipinski definition) is 3. The molecule has 0 saturated heterocycles. The predicted molar refractivity (Wildman–Crippen MR) is 102 cm³/mol. The zero-order valence-corrected chi connectivity index (χ0v) is 15.1. The molecular weight excluding hydrogens is 400 g/mol. The van der Waals surface area contributed by atoms with E-state index in [1.165, 1.54) is 6.07 Å². The lowest BCUT2D eigenvalue weighted by Gasteiger charge is -2.16. The first-order valence-corrected chi connectivity index (χ1v) is 8.72. The van der Waals surface area contributed by atoms with Crippen LogP contribution in [0, 0.1) is 23.3 Å². The number of amides is 2. The molecule has 150 valence electrons. The summed E-state index contributed by atoms with van der Waals surface area (Å²) in [6.07, 6.45) is 0. The van der Waals surface area contributed by atoms with Gasteiger partial charge in [-0.2, -0.15) is 0 Å². The number of carbonyl (C=O) groups is 2. The molecule has 1 N–H and O–H groups in total. The van der Waals surface area contributed by atoms with E-state index in [9.17, 15) is 27.2 Å². The van der Waals surface area contributed by atoms with Gasteiger partial charge in [0.1, 0.15) is 17.3 Å². The van der Waals surface area contributed by atoms with Crippen LogP contribution in [0.4, 0.5) is 28.9 Å². The van der Waals surface area contributed by atoms with Crippen molar-refractivity contribution in [1.29, 1.82) is 0 Å². The minimum absolute atomic E-state index is 0.0138. The van der Waals surface area contributed by atoms with Gasteiger partial charge in [-0.25, -0.2) is 22.5 Å². The molecular formula is C22H12F4N2O2. The van der Waals surface area contributed by atoms with Crippen LogP contribution < -0.4 is 10.2 Å². The summed E-state index contributed by atoms with van der Waals surface area (Å²) in [5, 5.41) is 2.63. The van der Waals surface area contributed by atoms with E-state index in [1.807, 2.05) is 0 Å². The number of hydrogen-bond donors (Lipinski definition) is 1. The molecule has 1 aliphatic heterocycles. The van der Waals surface area contributed by atoms with Crippen LogP contribution in [-0.4, -0.2) is 11.8 Å². The zero-order valence-electron chi connectivity index (χ0n) is 15.1. The maximum atomic E-state index is 14.3. The van der Waals surface area contributed by atoms with E-state index in [2.05, 4.69) is 5.32 Å². The fourth-order valence-electron chi connectivity index (χ4n) is 3.12. The van der Waals surface area contributed by atoms with Gasteiger partial charge in [-0.15, -0.1) is 0 Å². The Kier molecular flexibility index (Phi) is 4.83. The van der Waals surface area contributed by atoms with E-state index in [-0.39, 0.29) is 17.0 Å². The largest absolute Gasteiger partial charge is 0.350 e. The molecule has 0 unspecified atom stereocenters. The smallest absolute Gasteiger partial charge is 0.282 e. The van der Waals surface area contributed by atoms with Gasteiger partial charge in [0.15, 0.2) is 11.6 Å². The summed E-state index contributed by atoms with van der Waals surface area (Å²) in [7, 11) is 0. The average molecular weight is 412 g/mol. The van der Waals surface area contributed by atoms with Gasteiger partial charge in [-0.05, 0) is 29.8 Å². The van der Waals surface area contributed by atoms with Crippen molar-refractivity contribution in [3.05, 3.63) is 101 Å². The fraction of sp³-hybridized carbons (Fsp3) is 0. The molecule has 3 aromatic rings. The third kappa shape index (κ3) is 3.32. The van der Waals surface area contributed by atoms with Crippen molar-refractivity contribution in [3.8, 4) is 0 Å². The maximum absolute atomic E-state index is 14.3. The molecule has 0 aromatic heterocycles. The van der Waals surface area contributed by atoms with E-state index < -0.39 is 40.8 Å². The molecule has 2 amide bonds. The first-order valence-electron chi connectivity index (χ1n) is 8.72. The average Bonchev–Trinajstić information content (AvgIpc) is 2.95. The lowest BCUT2D eigenvalue weighted by atomic mass is 10.0. The van der Waals surface area contributed by atoms with Crippen molar-refractivity contribution in [2.45, 2.75) is 0 Å². The SMILES string of the molecule is O=C1C(Nc2ccc(F)c(F)c2)=C(c2ccccc2)C(=O)N1c1ccc(F)cc1F. The highest BCUT2D eigenvalue weighted by molar-refractivity contribution is 6.46. The maximum Gasteiger partial charge on any atom is 0.282 e. The van der Waals surface area contributed by atoms with E-state index in [4.69, 9.17) is 0 Å². The predicted octanol–water partition coefficient (Wildman–Crippen LogP) is 4.64. The van der Waals surface area contributed by atoms with Gasteiger partial charge in [-0.1, -0.05) is 30.3 Å². The van der Waals surface area contributed by atoms with Crippen LogP contribution in [0.2, 0.25) is 0 Å². The Morgan fingerprint density at radius 2 is 1.43 bits per heavy atom. The standard InChI is InChI=1S/C22H12F4N2O2/c23-13-6-9-18(17(26)10-13)28-21(29)19(12-4-2-1-3-5-12)20(22(28)30)27-14-7-8-15(24)16(25)11-14/h1-11,27H. The molecule has 4 nitrogen and oxygen atoms in total. The molecule has 8 heteroatoms. The number of imide groups is 1. The number of halogens is 4. The second-order valence-electron chi connectivity index (χ2n) is 6.41. The number of benzene rings is 3. The van der Waals surface area contributed by atoms with E-state index in [0.717, 1.165) is 24.3 Å². The van der Waals surface area contributed by atoms with Gasteiger partial charge >= 0.3 is 0 Å². The lowest BCUT2D eigenvalue weighted by molar-refractivity contribution is -0.120. The van der Waals surface area contributed by atoms with Crippen LogP contribution in [-0.2, 0) is 9.59 Å². The number of anilines is 2. The van der Waals surface area contributed by atoms with Gasteiger partial charge in [0, 0.05) is 17.8 Å². The molecule has 1 aliphatic rings. The monoisotopic (exact) mass is 412 g/mol. The van der Waals surface area contributed by atoms with E-state index in [0.29, 0.717) is 16.5 Å². The summed E-state index contributed by atoms with van der Waals surface area (Å²) >= 11 is 0. The molecule has 0 radical (unpaired) electrons. The molecule has 0 bridgehead atoms. The van der Waals surface area contributed by atoms with Gasteiger partial charge in [0.25, 0.3) is 11.8 Å². The Hall–Kier alpha value is -3.94. The van der Waals surface area contributed by atoms with Crippen molar-refractivity contribution >= 4 is 28.8 Å². The number of carbonyl (C=O) groups excluding carboxylic acids is 2. The molecule has 1 heterocycles. The van der Waals surface area contributed by atoms with Gasteiger partial charge in [-0.3, -0.25) is 9.59 Å². The van der Waals surface area contributed by atoms with Crippen LogP contribution in [0.3, 0.4) is 0 Å². The number of nitrogens with one attached hydrogen (secondary N) is 1. The summed E-state index contributed by atoms with van der Waals surface area (Å²) in [4.78, 5) is 26.7. The Balaban J connectivity index is 1.83. The Morgan fingerprint density at radius 3 is 2.10 bits per heavy atom. The topological polar surface area (TPSA) is 49.4 Å². The van der Waals surface area contributed by atoms with Crippen LogP contribution in [0.25, 0.3) is 5.57 Å². The Bertz CT molecular complexity index is 1210. The fourth-order valence-corrected chi connectivity index (χ4v) is 3.12. The summed E-state index contributed by atoms with van der Waals surface area (Å²) in [6.45, 7) is 0. The third-order valence-electron chi connectivity index (χ3n) is 4.49. The molecule has 0 saturated carbocycles. The normalized spacial score (nSPS) is 13.9. The van der Waals surface area contributed by atoms with Gasteiger partial charge in [0.05, 0.1) is 11.3 Å². The molecule has 0 atom stereocenters. The summed E-state index contributed by atoms with van der Waals surface area (Å²) < 4.78 is 54.4. The van der Waals surface area contributed by atoms with Crippen LogP contribution in [0.5, 0.6) is 0 Å². The molecule has 4 rings (SSSR count). The first kappa shape index (κ1) is 19.4. The van der Waals surface area contributed by atoms with Gasteiger partial charge < -0.3 is 5.32 Å². The number of nitrogens with zero attached hydrogens (tertiary/aromatic N) is 1. The van der Waals surface area contributed by atoms with Crippen molar-refractivity contribution in [2.24, 2.45) is 0 Å². The minimum Gasteiger partial charge on any atom is -0.350 e. The molecule has 30 heavy (non-hydrogen) atoms. The molecule has 3 aromatic carbocycles. The Morgan fingerprint density at radius 1 is 0.700 bits per heavy atom. The lowest BCUT2D eigenvalue weighted by Crippen LogP contribution is -2.33. The minimum atomic E-state index is -1.15. The first-order chi connectivity index (χ1) is 14.4.